The minimum atomic E-state index is -1.03. The molecule has 5 nitrogen and oxygen atoms in total. The molecule has 0 spiro atoms. The van der Waals surface area contributed by atoms with E-state index in [9.17, 15) is 14.7 Å². The second kappa shape index (κ2) is 5.94. The Balaban J connectivity index is 1.85. The van der Waals surface area contributed by atoms with Crippen molar-refractivity contribution in [2.45, 2.75) is 32.2 Å². The number of rotatable bonds is 6. The van der Waals surface area contributed by atoms with Crippen LogP contribution >= 0.6 is 0 Å². The van der Waals surface area contributed by atoms with E-state index >= 15 is 0 Å². The Morgan fingerprint density at radius 3 is 2.50 bits per heavy atom. The summed E-state index contributed by atoms with van der Waals surface area (Å²) in [6.07, 6.45) is 2.50. The average Bonchev–Trinajstić information content (AvgIpc) is 3.15. The Bertz CT molecular complexity index is 483. The minimum Gasteiger partial charge on any atom is -0.480 e. The SMILES string of the molecule is CC1(CNC(=O)NC(Cc2ccccc2)C(=O)O)CC1. The zero-order valence-electron chi connectivity index (χ0n) is 11.6. The number of benzene rings is 1. The van der Waals surface area contributed by atoms with E-state index in [-0.39, 0.29) is 11.8 Å². The maximum Gasteiger partial charge on any atom is 0.326 e. The Morgan fingerprint density at radius 1 is 1.30 bits per heavy atom. The van der Waals surface area contributed by atoms with Gasteiger partial charge in [-0.2, -0.15) is 0 Å². The van der Waals surface area contributed by atoms with Crippen LogP contribution in [-0.2, 0) is 11.2 Å². The second-order valence-corrected chi connectivity index (χ2v) is 5.72. The smallest absolute Gasteiger partial charge is 0.326 e. The standard InChI is InChI=1S/C15H20N2O3/c1-15(7-8-15)10-16-14(20)17-12(13(18)19)9-11-5-3-2-4-6-11/h2-6,12H,7-10H2,1H3,(H,18,19)(H2,16,17,20). The first-order chi connectivity index (χ1) is 9.48. The van der Waals surface area contributed by atoms with Gasteiger partial charge >= 0.3 is 12.0 Å². The Labute approximate surface area is 118 Å². The van der Waals surface area contributed by atoms with Crippen molar-refractivity contribution in [3.05, 3.63) is 35.9 Å². The van der Waals surface area contributed by atoms with E-state index in [1.165, 1.54) is 0 Å². The Morgan fingerprint density at radius 2 is 1.95 bits per heavy atom. The Kier molecular flexibility index (Phi) is 4.27. The molecule has 0 radical (unpaired) electrons. The number of hydrogen-bond donors (Lipinski definition) is 3. The van der Waals surface area contributed by atoms with Gasteiger partial charge in [0.1, 0.15) is 6.04 Å². The summed E-state index contributed by atoms with van der Waals surface area (Å²) in [4.78, 5) is 22.9. The topological polar surface area (TPSA) is 78.4 Å². The molecule has 108 valence electrons. The monoisotopic (exact) mass is 276 g/mol. The molecule has 1 aliphatic rings. The van der Waals surface area contributed by atoms with E-state index < -0.39 is 18.0 Å². The van der Waals surface area contributed by atoms with Crippen molar-refractivity contribution in [3.8, 4) is 0 Å². The molecular weight excluding hydrogens is 256 g/mol. The van der Waals surface area contributed by atoms with Crippen molar-refractivity contribution >= 4 is 12.0 Å². The van der Waals surface area contributed by atoms with Crippen LogP contribution in [0.4, 0.5) is 4.79 Å². The van der Waals surface area contributed by atoms with Crippen molar-refractivity contribution in [3.63, 3.8) is 0 Å². The van der Waals surface area contributed by atoms with E-state index in [0.717, 1.165) is 18.4 Å². The van der Waals surface area contributed by atoms with Gasteiger partial charge in [0.2, 0.25) is 0 Å². The van der Waals surface area contributed by atoms with Crippen LogP contribution < -0.4 is 10.6 Å². The fourth-order valence-corrected chi connectivity index (χ4v) is 1.94. The lowest BCUT2D eigenvalue weighted by molar-refractivity contribution is -0.139. The number of nitrogens with one attached hydrogen (secondary N) is 2. The summed E-state index contributed by atoms with van der Waals surface area (Å²) in [6, 6.07) is 7.94. The summed E-state index contributed by atoms with van der Waals surface area (Å²) in [5, 5.41) is 14.4. The van der Waals surface area contributed by atoms with Crippen LogP contribution in [0.1, 0.15) is 25.3 Å². The van der Waals surface area contributed by atoms with Gasteiger partial charge in [0.25, 0.3) is 0 Å². The molecule has 1 saturated carbocycles. The molecule has 3 N–H and O–H groups in total. The molecule has 1 fully saturated rings. The van der Waals surface area contributed by atoms with Crippen LogP contribution in [0.15, 0.2) is 30.3 Å². The van der Waals surface area contributed by atoms with Crippen molar-refractivity contribution in [2.24, 2.45) is 5.41 Å². The highest BCUT2D eigenvalue weighted by Gasteiger charge is 2.37. The first-order valence-corrected chi connectivity index (χ1v) is 6.80. The van der Waals surface area contributed by atoms with Gasteiger partial charge in [0, 0.05) is 13.0 Å². The molecule has 20 heavy (non-hydrogen) atoms. The lowest BCUT2D eigenvalue weighted by Crippen LogP contribution is -2.48. The van der Waals surface area contributed by atoms with Gasteiger partial charge in [-0.15, -0.1) is 0 Å². The van der Waals surface area contributed by atoms with Gasteiger partial charge in [0.15, 0.2) is 0 Å². The highest BCUT2D eigenvalue weighted by molar-refractivity contribution is 5.82. The molecule has 0 saturated heterocycles. The third-order valence-corrected chi connectivity index (χ3v) is 3.67. The van der Waals surface area contributed by atoms with Gasteiger partial charge in [-0.25, -0.2) is 9.59 Å². The first kappa shape index (κ1) is 14.4. The number of urea groups is 1. The fourth-order valence-electron chi connectivity index (χ4n) is 1.94. The molecule has 2 amide bonds. The van der Waals surface area contributed by atoms with Crippen molar-refractivity contribution in [1.29, 1.82) is 0 Å². The lowest BCUT2D eigenvalue weighted by Gasteiger charge is -2.16. The van der Waals surface area contributed by atoms with E-state index in [1.54, 1.807) is 0 Å². The molecular formula is C15H20N2O3. The van der Waals surface area contributed by atoms with Gasteiger partial charge in [-0.1, -0.05) is 37.3 Å². The predicted octanol–water partition coefficient (Wildman–Crippen LogP) is 1.78. The molecule has 2 rings (SSSR count). The number of aliphatic carboxylic acids is 1. The van der Waals surface area contributed by atoms with Crippen LogP contribution in [0.25, 0.3) is 0 Å². The maximum atomic E-state index is 11.7. The molecule has 0 heterocycles. The molecule has 1 aliphatic carbocycles. The van der Waals surface area contributed by atoms with E-state index in [4.69, 9.17) is 0 Å². The van der Waals surface area contributed by atoms with Crippen molar-refractivity contribution in [1.82, 2.24) is 10.6 Å². The molecule has 1 aromatic rings. The second-order valence-electron chi connectivity index (χ2n) is 5.72. The van der Waals surface area contributed by atoms with E-state index in [0.29, 0.717) is 6.54 Å². The average molecular weight is 276 g/mol. The molecule has 5 heteroatoms. The number of amides is 2. The third kappa shape index (κ3) is 4.26. The zero-order chi connectivity index (χ0) is 14.6. The van der Waals surface area contributed by atoms with E-state index in [2.05, 4.69) is 17.6 Å². The molecule has 1 aromatic carbocycles. The zero-order valence-corrected chi connectivity index (χ0v) is 11.6. The fraction of sp³-hybridized carbons (Fsp3) is 0.467. The third-order valence-electron chi connectivity index (χ3n) is 3.67. The quantitative estimate of drug-likeness (QED) is 0.741. The summed E-state index contributed by atoms with van der Waals surface area (Å²) >= 11 is 0. The van der Waals surface area contributed by atoms with Gasteiger partial charge in [-0.3, -0.25) is 0 Å². The molecule has 1 unspecified atom stereocenters. The number of carbonyl (C=O) groups excluding carboxylic acids is 1. The van der Waals surface area contributed by atoms with Crippen LogP contribution in [0.5, 0.6) is 0 Å². The highest BCUT2D eigenvalue weighted by Crippen LogP contribution is 2.43. The van der Waals surface area contributed by atoms with E-state index in [1.807, 2.05) is 30.3 Å². The minimum absolute atomic E-state index is 0.204. The summed E-state index contributed by atoms with van der Waals surface area (Å²) in [5.74, 6) is -1.03. The van der Waals surface area contributed by atoms with Gasteiger partial charge in [-0.05, 0) is 23.8 Å². The summed E-state index contributed by atoms with van der Waals surface area (Å²) < 4.78 is 0. The largest absolute Gasteiger partial charge is 0.480 e. The number of hydrogen-bond acceptors (Lipinski definition) is 2. The van der Waals surface area contributed by atoms with Gasteiger partial charge < -0.3 is 15.7 Å². The normalized spacial score (nSPS) is 17.1. The van der Waals surface area contributed by atoms with Crippen molar-refractivity contribution < 1.29 is 14.7 Å². The summed E-state index contributed by atoms with van der Waals surface area (Å²) in [6.45, 7) is 2.70. The first-order valence-electron chi connectivity index (χ1n) is 6.80. The van der Waals surface area contributed by atoms with Crippen LogP contribution in [0, 0.1) is 5.41 Å². The van der Waals surface area contributed by atoms with Crippen LogP contribution in [0.2, 0.25) is 0 Å². The number of carboxylic acid groups (broad SMARTS) is 1. The number of carbonyl (C=O) groups is 2. The maximum absolute atomic E-state index is 11.7. The molecule has 1 atom stereocenters. The Hall–Kier alpha value is -2.04. The lowest BCUT2D eigenvalue weighted by atomic mass is 10.1. The predicted molar refractivity (Wildman–Crippen MR) is 75.4 cm³/mol. The van der Waals surface area contributed by atoms with Gasteiger partial charge in [0.05, 0.1) is 0 Å². The molecule has 0 bridgehead atoms. The van der Waals surface area contributed by atoms with Crippen LogP contribution in [0.3, 0.4) is 0 Å². The molecule has 0 aliphatic heterocycles. The van der Waals surface area contributed by atoms with Crippen LogP contribution in [-0.4, -0.2) is 29.7 Å². The van der Waals surface area contributed by atoms with Crippen molar-refractivity contribution in [2.75, 3.05) is 6.54 Å². The summed E-state index contributed by atoms with van der Waals surface area (Å²) in [7, 11) is 0. The summed E-state index contributed by atoms with van der Waals surface area (Å²) in [5.41, 5.74) is 1.09. The molecule has 0 aromatic heterocycles. The number of carboxylic acids is 1. The highest BCUT2D eigenvalue weighted by atomic mass is 16.4.